The summed E-state index contributed by atoms with van der Waals surface area (Å²) < 4.78 is 5.53. The van der Waals surface area contributed by atoms with E-state index in [1.165, 1.54) is 0 Å². The Morgan fingerprint density at radius 1 is 1.41 bits per heavy atom. The van der Waals surface area contributed by atoms with Crippen molar-refractivity contribution in [3.63, 3.8) is 0 Å². The van der Waals surface area contributed by atoms with E-state index in [0.717, 1.165) is 0 Å². The molecule has 0 fully saturated rings. The second kappa shape index (κ2) is 7.77. The Labute approximate surface area is 131 Å². The molecule has 6 nitrogen and oxygen atoms in total. The molecule has 1 rings (SSSR count). The number of anilines is 1. The molecule has 0 aliphatic heterocycles. The molecule has 0 bridgehead atoms. The van der Waals surface area contributed by atoms with E-state index in [1.807, 2.05) is 38.1 Å². The van der Waals surface area contributed by atoms with E-state index in [0.29, 0.717) is 23.9 Å². The quantitative estimate of drug-likeness (QED) is 0.377. The second-order valence-corrected chi connectivity index (χ2v) is 6.16. The number of rotatable bonds is 6. The van der Waals surface area contributed by atoms with Crippen LogP contribution in [0.5, 0.6) is 5.75 Å². The van der Waals surface area contributed by atoms with E-state index in [1.54, 1.807) is 0 Å². The van der Waals surface area contributed by atoms with Crippen LogP contribution in [-0.2, 0) is 0 Å². The first-order valence-corrected chi connectivity index (χ1v) is 7.41. The molecule has 0 aliphatic carbocycles. The molecule has 122 valence electrons. The van der Waals surface area contributed by atoms with Gasteiger partial charge in [0.15, 0.2) is 5.84 Å². The lowest BCUT2D eigenvalue weighted by molar-refractivity contribution is -0.463. The van der Waals surface area contributed by atoms with Crippen molar-refractivity contribution < 1.29 is 9.66 Å². The van der Waals surface area contributed by atoms with Gasteiger partial charge < -0.3 is 10.1 Å². The van der Waals surface area contributed by atoms with Gasteiger partial charge in [-0.2, -0.15) is 0 Å². The number of para-hydroxylation sites is 2. The number of nitrogens with zero attached hydrogens (tertiary/aromatic N) is 2. The Morgan fingerprint density at radius 2 is 2.05 bits per heavy atom. The summed E-state index contributed by atoms with van der Waals surface area (Å²) in [5.41, 5.74) is 0.620. The van der Waals surface area contributed by atoms with Gasteiger partial charge in [0, 0.05) is 4.92 Å². The summed E-state index contributed by atoms with van der Waals surface area (Å²) in [5, 5.41) is 13.9. The van der Waals surface area contributed by atoms with Crippen LogP contribution in [0.3, 0.4) is 0 Å². The van der Waals surface area contributed by atoms with Crippen molar-refractivity contribution in [3.05, 3.63) is 34.4 Å². The zero-order valence-electron chi connectivity index (χ0n) is 13.9. The van der Waals surface area contributed by atoms with Gasteiger partial charge in [-0.15, -0.1) is 0 Å². The van der Waals surface area contributed by atoms with Crippen LogP contribution in [0.2, 0.25) is 0 Å². The summed E-state index contributed by atoms with van der Waals surface area (Å²) in [6.45, 7) is 10.2. The average Bonchev–Trinajstić information content (AvgIpc) is 2.39. The Kier molecular flexibility index (Phi) is 6.34. The maximum absolute atomic E-state index is 10.9. The van der Waals surface area contributed by atoms with E-state index in [4.69, 9.17) is 4.74 Å². The fourth-order valence-corrected chi connectivity index (χ4v) is 1.67. The van der Waals surface area contributed by atoms with Gasteiger partial charge in [-0.25, -0.2) is 0 Å². The summed E-state index contributed by atoms with van der Waals surface area (Å²) in [6.07, 6.45) is 0. The van der Waals surface area contributed by atoms with Gasteiger partial charge in [-0.3, -0.25) is 15.1 Å². The van der Waals surface area contributed by atoms with Crippen LogP contribution >= 0.6 is 0 Å². The van der Waals surface area contributed by atoms with Crippen LogP contribution in [0, 0.1) is 15.5 Å². The molecule has 0 heterocycles. The Bertz CT molecular complexity index is 536. The number of nitro groups is 1. The number of amidine groups is 1. The maximum atomic E-state index is 10.9. The first kappa shape index (κ1) is 17.9. The fourth-order valence-electron chi connectivity index (χ4n) is 1.67. The standard InChI is InChI=1S/C16H25N3O3/c1-6-22-14-10-8-7-9-13(14)18-15(11-19(20)21)17-12(2)16(3,4)5/h7-10,12H,6,11H2,1-5H3,(H,17,18). The molecule has 0 amide bonds. The highest BCUT2D eigenvalue weighted by atomic mass is 16.6. The molecule has 1 aromatic carbocycles. The zero-order chi connectivity index (χ0) is 16.8. The summed E-state index contributed by atoms with van der Waals surface area (Å²) >= 11 is 0. The third-order valence-corrected chi connectivity index (χ3v) is 3.35. The number of aliphatic imine (C=N–C) groups is 1. The normalized spacial score (nSPS) is 13.6. The van der Waals surface area contributed by atoms with E-state index >= 15 is 0 Å². The van der Waals surface area contributed by atoms with Crippen molar-refractivity contribution in [2.75, 3.05) is 18.5 Å². The molecule has 22 heavy (non-hydrogen) atoms. The van der Waals surface area contributed by atoms with Gasteiger partial charge in [0.2, 0.25) is 0 Å². The predicted molar refractivity (Wildman–Crippen MR) is 89.4 cm³/mol. The minimum atomic E-state index is -0.384. The van der Waals surface area contributed by atoms with Gasteiger partial charge >= 0.3 is 0 Å². The fraction of sp³-hybridized carbons (Fsp3) is 0.562. The molecule has 1 N–H and O–H groups in total. The highest BCUT2D eigenvalue weighted by Gasteiger charge is 2.21. The van der Waals surface area contributed by atoms with Crippen molar-refractivity contribution in [3.8, 4) is 5.75 Å². The minimum Gasteiger partial charge on any atom is -0.492 e. The Balaban J connectivity index is 3.04. The minimum absolute atomic E-state index is 0.0470. The van der Waals surface area contributed by atoms with Crippen LogP contribution in [0.15, 0.2) is 29.3 Å². The zero-order valence-corrected chi connectivity index (χ0v) is 13.9. The van der Waals surface area contributed by atoms with E-state index in [9.17, 15) is 10.1 Å². The summed E-state index contributed by atoms with van der Waals surface area (Å²) in [6, 6.07) is 7.31. The molecule has 1 atom stereocenters. The lowest BCUT2D eigenvalue weighted by Gasteiger charge is -2.24. The van der Waals surface area contributed by atoms with Crippen molar-refractivity contribution in [1.29, 1.82) is 0 Å². The second-order valence-electron chi connectivity index (χ2n) is 6.16. The first-order valence-electron chi connectivity index (χ1n) is 7.41. The third kappa shape index (κ3) is 5.71. The number of hydrogen-bond acceptors (Lipinski definition) is 4. The summed E-state index contributed by atoms with van der Waals surface area (Å²) in [7, 11) is 0. The van der Waals surface area contributed by atoms with Gasteiger partial charge in [0.05, 0.1) is 18.3 Å². The largest absolute Gasteiger partial charge is 0.492 e. The molecule has 6 heteroatoms. The molecule has 1 aromatic rings. The molecule has 1 unspecified atom stereocenters. The van der Waals surface area contributed by atoms with Crippen LogP contribution < -0.4 is 10.1 Å². The van der Waals surface area contributed by atoms with Crippen LogP contribution in [0.4, 0.5) is 5.69 Å². The molecule has 0 radical (unpaired) electrons. The monoisotopic (exact) mass is 307 g/mol. The molecular weight excluding hydrogens is 282 g/mol. The maximum Gasteiger partial charge on any atom is 0.260 e. The SMILES string of the molecule is CCOc1ccccc1NC(C[N+](=O)[O-])=NC(C)C(C)(C)C. The van der Waals surface area contributed by atoms with Gasteiger partial charge in [-0.05, 0) is 31.4 Å². The molecule has 0 saturated carbocycles. The topological polar surface area (TPSA) is 76.8 Å². The van der Waals surface area contributed by atoms with Gasteiger partial charge in [-0.1, -0.05) is 32.9 Å². The van der Waals surface area contributed by atoms with Gasteiger partial charge in [0.25, 0.3) is 6.54 Å². The summed E-state index contributed by atoms with van der Waals surface area (Å²) in [4.78, 5) is 15.0. The lowest BCUT2D eigenvalue weighted by atomic mass is 9.88. The van der Waals surface area contributed by atoms with Crippen LogP contribution in [-0.4, -0.2) is 30.0 Å². The van der Waals surface area contributed by atoms with E-state index in [2.05, 4.69) is 31.1 Å². The van der Waals surface area contributed by atoms with Crippen molar-refractivity contribution in [1.82, 2.24) is 0 Å². The van der Waals surface area contributed by atoms with Crippen molar-refractivity contribution in [2.45, 2.75) is 40.7 Å². The number of benzene rings is 1. The molecule has 0 aromatic heterocycles. The smallest absolute Gasteiger partial charge is 0.260 e. The molecular formula is C16H25N3O3. The van der Waals surface area contributed by atoms with Crippen molar-refractivity contribution >= 4 is 11.5 Å². The number of ether oxygens (including phenoxy) is 1. The first-order chi connectivity index (χ1) is 10.2. The Morgan fingerprint density at radius 3 is 2.59 bits per heavy atom. The third-order valence-electron chi connectivity index (χ3n) is 3.35. The van der Waals surface area contributed by atoms with Crippen LogP contribution in [0.1, 0.15) is 34.6 Å². The molecule has 0 aliphatic rings. The van der Waals surface area contributed by atoms with E-state index < -0.39 is 0 Å². The summed E-state index contributed by atoms with van der Waals surface area (Å²) in [5.74, 6) is 0.990. The van der Waals surface area contributed by atoms with Crippen LogP contribution in [0.25, 0.3) is 0 Å². The van der Waals surface area contributed by atoms with Crippen molar-refractivity contribution in [2.24, 2.45) is 10.4 Å². The van der Waals surface area contributed by atoms with Gasteiger partial charge in [0.1, 0.15) is 5.75 Å². The number of hydrogen-bond donors (Lipinski definition) is 1. The van der Waals surface area contributed by atoms with E-state index in [-0.39, 0.29) is 22.9 Å². The lowest BCUT2D eigenvalue weighted by Crippen LogP contribution is -2.29. The highest BCUT2D eigenvalue weighted by molar-refractivity contribution is 5.97. The number of nitrogens with one attached hydrogen (secondary N) is 1. The molecule has 0 spiro atoms. The highest BCUT2D eigenvalue weighted by Crippen LogP contribution is 2.25. The predicted octanol–water partition coefficient (Wildman–Crippen LogP) is 3.61. The average molecular weight is 307 g/mol. The molecule has 0 saturated heterocycles. The Hall–Kier alpha value is -2.11.